The lowest BCUT2D eigenvalue weighted by Crippen LogP contribution is -2.40. The highest BCUT2D eigenvalue weighted by Crippen LogP contribution is 1.65. The van der Waals surface area contributed by atoms with Crippen LogP contribution in [0.25, 0.3) is 0 Å². The van der Waals surface area contributed by atoms with E-state index < -0.39 is 0 Å². The van der Waals surface area contributed by atoms with Crippen LogP contribution in [0.2, 0.25) is 0 Å². The van der Waals surface area contributed by atoms with E-state index in [1.165, 1.54) is 0 Å². The molecule has 0 fully saturated rings. The Bertz CT molecular complexity index is 5190. The van der Waals surface area contributed by atoms with Gasteiger partial charge in [-0.1, -0.05) is 5.92 Å². The molecule has 0 aliphatic rings. The van der Waals surface area contributed by atoms with E-state index in [9.17, 15) is 0 Å². The van der Waals surface area contributed by atoms with Gasteiger partial charge >= 0.3 is 0 Å². The van der Waals surface area contributed by atoms with E-state index in [2.05, 4.69) is 479 Å². The minimum absolute atomic E-state index is 1.68. The first-order valence-corrected chi connectivity index (χ1v) is 20.6. The smallest absolute Gasteiger partial charge is 0.146 e. The Hall–Kier alpha value is -17.6. The molecular formula is C81H6N+. The van der Waals surface area contributed by atoms with Crippen molar-refractivity contribution in [2.45, 2.75) is 6.92 Å². The van der Waals surface area contributed by atoms with E-state index >= 15 is 0 Å². The molecule has 0 radical (unpaired) electrons. The minimum atomic E-state index is 1.68. The van der Waals surface area contributed by atoms with Crippen LogP contribution in [0.1, 0.15) is 6.92 Å². The first kappa shape index (κ1) is 64.4. The van der Waals surface area contributed by atoms with Gasteiger partial charge in [0.2, 0.25) is 0 Å². The fourth-order valence-corrected chi connectivity index (χ4v) is 2.48. The van der Waals surface area contributed by atoms with Gasteiger partial charge < -0.3 is 0 Å². The minimum Gasteiger partial charge on any atom is -0.280 e. The normalized spacial score (nSPS) is 3.98. The molecule has 334 valence electrons. The zero-order chi connectivity index (χ0) is 58.6. The Morgan fingerprint density at radius 3 is 0.220 bits per heavy atom. The molecule has 0 saturated carbocycles. The highest BCUT2D eigenvalue weighted by atomic mass is 14.4. The second kappa shape index (κ2) is 63.4. The molecule has 0 unspecified atom stereocenters. The summed E-state index contributed by atoms with van der Waals surface area (Å²) < 4.78 is 0. The second-order valence-electron chi connectivity index (χ2n) is 10.2. The molecule has 0 rings (SSSR count). The van der Waals surface area contributed by atoms with Gasteiger partial charge in [-0.3, -0.25) is 5.73 Å². The molecule has 0 aromatic heterocycles. The first-order chi connectivity index (χ1) is 40.9. The Kier molecular flexibility index (Phi) is 49.7. The average Bonchev–Trinajstić information content (AvgIpc) is 3.48. The van der Waals surface area contributed by atoms with Crippen LogP contribution in [0.4, 0.5) is 0 Å². The third kappa shape index (κ3) is 62.4. The Balaban J connectivity index is 4.62. The van der Waals surface area contributed by atoms with Crippen LogP contribution in [-0.2, 0) is 0 Å². The van der Waals surface area contributed by atoms with Crippen molar-refractivity contribution in [2.75, 3.05) is 0 Å². The maximum absolute atomic E-state index is 3.32. The molecule has 0 aliphatic heterocycles. The number of hydrogen-bond donors (Lipinski definition) is 1. The van der Waals surface area contributed by atoms with Gasteiger partial charge in [0.1, 0.15) is 6.04 Å². The highest BCUT2D eigenvalue weighted by Gasteiger charge is 1.65. The van der Waals surface area contributed by atoms with Gasteiger partial charge in [-0.15, -0.1) is 0 Å². The quantitative estimate of drug-likeness (QED) is 0.313. The molecule has 0 saturated heterocycles. The fourth-order valence-electron chi connectivity index (χ4n) is 2.48. The van der Waals surface area contributed by atoms with Gasteiger partial charge in [0.05, 0.1) is 0 Å². The van der Waals surface area contributed by atoms with Crippen molar-refractivity contribution in [3.05, 3.63) is 0 Å². The van der Waals surface area contributed by atoms with Crippen LogP contribution in [-0.4, -0.2) is 0 Å². The maximum Gasteiger partial charge on any atom is 0.146 e. The largest absolute Gasteiger partial charge is 0.280 e. The topological polar surface area (TPSA) is 27.6 Å². The number of quaternary nitrogens is 1. The molecule has 3 N–H and O–H groups in total. The van der Waals surface area contributed by atoms with E-state index in [1.54, 1.807) is 6.92 Å². The van der Waals surface area contributed by atoms with Crippen molar-refractivity contribution >= 4 is 0 Å². The Morgan fingerprint density at radius 1 is 0.0976 bits per heavy atom. The summed E-state index contributed by atoms with van der Waals surface area (Å²) in [6, 6.07) is 2.38. The zero-order valence-corrected chi connectivity index (χ0v) is 41.7. The van der Waals surface area contributed by atoms with Crippen molar-refractivity contribution in [2.24, 2.45) is 0 Å². The van der Waals surface area contributed by atoms with Crippen molar-refractivity contribution in [3.63, 3.8) is 0 Å². The van der Waals surface area contributed by atoms with E-state index in [0.717, 1.165) is 0 Å². The molecule has 1 heteroatoms. The first-order valence-electron chi connectivity index (χ1n) is 20.6. The van der Waals surface area contributed by atoms with Crippen LogP contribution in [0.5, 0.6) is 0 Å². The van der Waals surface area contributed by atoms with E-state index in [0.29, 0.717) is 0 Å². The Labute approximate surface area is 483 Å². The lowest BCUT2D eigenvalue weighted by Gasteiger charge is -1.58. The van der Waals surface area contributed by atoms with Crippen molar-refractivity contribution in [1.29, 1.82) is 0 Å². The summed E-state index contributed by atoms with van der Waals surface area (Å²) in [6.45, 7) is 1.68. The van der Waals surface area contributed by atoms with E-state index in [4.69, 9.17) is 0 Å². The predicted octanol–water partition coefficient (Wildman–Crippen LogP) is -0.658. The summed E-state index contributed by atoms with van der Waals surface area (Å²) in [7, 11) is 0. The number of hydrogen-bond acceptors (Lipinski definition) is 0. The third-order valence-electron chi connectivity index (χ3n) is 5.03. The second-order valence-corrected chi connectivity index (χ2v) is 10.2. The molecule has 0 aromatic carbocycles. The molecule has 0 heterocycles. The molecule has 1 nitrogen and oxygen atoms in total. The van der Waals surface area contributed by atoms with Gasteiger partial charge in [-0.05, 0) is 54.3 Å². The Morgan fingerprint density at radius 2 is 0.159 bits per heavy atom. The predicted molar refractivity (Wildman–Crippen MR) is 320 cm³/mol. The lowest BCUT2D eigenvalue weighted by molar-refractivity contribution is -0.247. The van der Waals surface area contributed by atoms with Crippen LogP contribution in [0, 0.1) is 474 Å². The van der Waals surface area contributed by atoms with Crippen molar-refractivity contribution in [1.82, 2.24) is 0 Å². The lowest BCUT2D eigenvalue weighted by atomic mass is 10.4. The summed E-state index contributed by atoms with van der Waals surface area (Å²) in [5.41, 5.74) is 3.32. The summed E-state index contributed by atoms with van der Waals surface area (Å²) in [6.07, 6.45) is 0. The molecule has 0 atom stereocenters. The molecule has 0 amide bonds. The van der Waals surface area contributed by atoms with Crippen molar-refractivity contribution < 1.29 is 5.73 Å². The standard InChI is InChI=1S/C81H5N/c1-2-3-4-5-6-7-8-9-10-11-12-13-14-15-16-17-18-19-20-21-22-23-24-25-26-27-28-29-30-31-32-33-34-35-36-37-38-39-40-41-42-43-44-45-46-47-48-49-50-51-52-53-54-55-56-57-58-59-60-61-62-63-64-65-66-67-68-69-70-71-72-73-74-75-76-77-78-79-80-81-82/h82H2,1H3/p+1. The SMILES string of the molecule is CC#CC#CC#CC#CC#CC#CC#CC#CC#CC#CC#CC#CC#CC#CC#CC#CC#CC#CC#CC#CC#CC#CC#CC#CC#CC#CC#CC#CC#CC#CC#CC#CC#CC#CC#CC#CC#CC#CC#CC#C[NH3+]. The van der Waals surface area contributed by atoms with Gasteiger partial charge in [0, 0.05) is 414 Å². The van der Waals surface area contributed by atoms with Crippen LogP contribution < -0.4 is 5.73 Å². The molecule has 0 bridgehead atoms. The van der Waals surface area contributed by atoms with Gasteiger partial charge in [0.15, 0.2) is 0 Å². The third-order valence-corrected chi connectivity index (χ3v) is 5.03. The summed E-state index contributed by atoms with van der Waals surface area (Å²) >= 11 is 0. The summed E-state index contributed by atoms with van der Waals surface area (Å²) in [5, 5.41) is 0. The maximum atomic E-state index is 3.32. The highest BCUT2D eigenvalue weighted by molar-refractivity contribution is 5.54. The fraction of sp³-hybridized carbons (Fsp3) is 0.0123. The van der Waals surface area contributed by atoms with Gasteiger partial charge in [-0.25, -0.2) is 0 Å². The van der Waals surface area contributed by atoms with Crippen LogP contribution >= 0.6 is 0 Å². The van der Waals surface area contributed by atoms with E-state index in [1.807, 2.05) is 0 Å². The summed E-state index contributed by atoms with van der Waals surface area (Å²) in [5.74, 6) is 198. The van der Waals surface area contributed by atoms with Crippen LogP contribution in [0.15, 0.2) is 0 Å². The monoisotopic (exact) mass is 992 g/mol. The van der Waals surface area contributed by atoms with Gasteiger partial charge in [0.25, 0.3) is 0 Å². The molecule has 82 heavy (non-hydrogen) atoms. The number of rotatable bonds is 0. The zero-order valence-electron chi connectivity index (χ0n) is 41.7. The van der Waals surface area contributed by atoms with Crippen molar-refractivity contribution in [3.8, 4) is 474 Å². The molecule has 0 spiro atoms. The summed E-state index contributed by atoms with van der Waals surface area (Å²) in [4.78, 5) is 0. The molecule has 0 aromatic rings. The van der Waals surface area contributed by atoms with E-state index in [-0.39, 0.29) is 0 Å². The molecule has 0 aliphatic carbocycles. The molecular weight excluding hydrogens is 987 g/mol. The van der Waals surface area contributed by atoms with Gasteiger partial charge in [-0.2, -0.15) is 0 Å². The average molecular weight is 993 g/mol. The van der Waals surface area contributed by atoms with Crippen LogP contribution in [0.3, 0.4) is 0 Å².